The maximum Gasteiger partial charge on any atom is 0.131 e. The van der Waals surface area contributed by atoms with Crippen molar-refractivity contribution in [3.8, 4) is 0 Å². The van der Waals surface area contributed by atoms with E-state index in [1.165, 1.54) is 6.07 Å². The molecule has 2 heteroatoms. The van der Waals surface area contributed by atoms with Gasteiger partial charge in [0.1, 0.15) is 5.82 Å². The van der Waals surface area contributed by atoms with Gasteiger partial charge in [0.2, 0.25) is 0 Å². The quantitative estimate of drug-likeness (QED) is 0.612. The van der Waals surface area contributed by atoms with Gasteiger partial charge in [0.05, 0.1) is 0 Å². The standard InChI is InChI=1S/C11H10FN/c1-7-5-9(13)6-8-3-2-4-10(12)11(7)8/h2-6H,13H2,1H3. The summed E-state index contributed by atoms with van der Waals surface area (Å²) in [7, 11) is 0. The smallest absolute Gasteiger partial charge is 0.131 e. The maximum absolute atomic E-state index is 13.3. The van der Waals surface area contributed by atoms with Crippen molar-refractivity contribution in [3.05, 3.63) is 41.7 Å². The van der Waals surface area contributed by atoms with Crippen LogP contribution in [0.4, 0.5) is 10.1 Å². The van der Waals surface area contributed by atoms with Gasteiger partial charge in [-0.15, -0.1) is 0 Å². The molecule has 0 bridgehead atoms. The highest BCUT2D eigenvalue weighted by atomic mass is 19.1. The molecular weight excluding hydrogens is 165 g/mol. The highest BCUT2D eigenvalue weighted by molar-refractivity contribution is 5.88. The van der Waals surface area contributed by atoms with Gasteiger partial charge in [-0.3, -0.25) is 0 Å². The van der Waals surface area contributed by atoms with Crippen molar-refractivity contribution in [2.45, 2.75) is 6.92 Å². The van der Waals surface area contributed by atoms with Crippen molar-refractivity contribution in [2.75, 3.05) is 5.73 Å². The molecule has 0 heterocycles. The van der Waals surface area contributed by atoms with Crippen molar-refractivity contribution >= 4 is 16.5 Å². The molecule has 2 rings (SSSR count). The molecule has 0 amide bonds. The number of hydrogen-bond donors (Lipinski definition) is 1. The Balaban J connectivity index is 2.94. The van der Waals surface area contributed by atoms with Crippen LogP contribution < -0.4 is 5.73 Å². The number of fused-ring (bicyclic) bond motifs is 1. The van der Waals surface area contributed by atoms with Gasteiger partial charge in [-0.2, -0.15) is 0 Å². The maximum atomic E-state index is 13.3. The van der Waals surface area contributed by atoms with E-state index in [2.05, 4.69) is 0 Å². The van der Waals surface area contributed by atoms with E-state index in [1.54, 1.807) is 18.2 Å². The molecule has 0 aliphatic rings. The SMILES string of the molecule is Cc1cc(N)cc2cccc(F)c12. The van der Waals surface area contributed by atoms with Gasteiger partial charge < -0.3 is 5.73 Å². The third kappa shape index (κ3) is 1.24. The Kier molecular flexibility index (Phi) is 1.69. The second-order valence-corrected chi connectivity index (χ2v) is 3.18. The van der Waals surface area contributed by atoms with Gasteiger partial charge in [-0.05, 0) is 36.1 Å². The van der Waals surface area contributed by atoms with E-state index in [-0.39, 0.29) is 5.82 Å². The van der Waals surface area contributed by atoms with E-state index in [1.807, 2.05) is 13.0 Å². The molecular formula is C11H10FN. The van der Waals surface area contributed by atoms with Crippen molar-refractivity contribution in [1.82, 2.24) is 0 Å². The Labute approximate surface area is 76.0 Å². The lowest BCUT2D eigenvalue weighted by molar-refractivity contribution is 0.639. The van der Waals surface area contributed by atoms with Crippen molar-refractivity contribution < 1.29 is 4.39 Å². The van der Waals surface area contributed by atoms with Crippen LogP contribution in [0.1, 0.15) is 5.56 Å². The Hall–Kier alpha value is -1.57. The second kappa shape index (κ2) is 2.73. The summed E-state index contributed by atoms with van der Waals surface area (Å²) in [5.74, 6) is -0.185. The Morgan fingerprint density at radius 2 is 2.00 bits per heavy atom. The van der Waals surface area contributed by atoms with Crippen LogP contribution in [0.5, 0.6) is 0 Å². The molecule has 0 aliphatic carbocycles. The summed E-state index contributed by atoms with van der Waals surface area (Å²) in [6.45, 7) is 1.86. The van der Waals surface area contributed by atoms with Crippen LogP contribution in [0.15, 0.2) is 30.3 Å². The van der Waals surface area contributed by atoms with E-state index in [9.17, 15) is 4.39 Å². The fourth-order valence-corrected chi connectivity index (χ4v) is 1.62. The van der Waals surface area contributed by atoms with E-state index < -0.39 is 0 Å². The lowest BCUT2D eigenvalue weighted by Gasteiger charge is -2.04. The monoisotopic (exact) mass is 175 g/mol. The van der Waals surface area contributed by atoms with Crippen LogP contribution in [0.3, 0.4) is 0 Å². The molecule has 2 aromatic carbocycles. The average Bonchev–Trinajstić information content (AvgIpc) is 2.02. The molecule has 2 aromatic rings. The zero-order valence-corrected chi connectivity index (χ0v) is 7.34. The van der Waals surface area contributed by atoms with Crippen LogP contribution in [0.2, 0.25) is 0 Å². The number of benzene rings is 2. The normalized spacial score (nSPS) is 10.6. The van der Waals surface area contributed by atoms with Crippen molar-refractivity contribution in [3.63, 3.8) is 0 Å². The summed E-state index contributed by atoms with van der Waals surface area (Å²) in [5.41, 5.74) is 7.21. The molecule has 66 valence electrons. The van der Waals surface area contributed by atoms with Gasteiger partial charge in [-0.25, -0.2) is 4.39 Å². The molecule has 13 heavy (non-hydrogen) atoms. The van der Waals surface area contributed by atoms with E-state index in [0.29, 0.717) is 11.1 Å². The number of aryl methyl sites for hydroxylation is 1. The third-order valence-corrected chi connectivity index (χ3v) is 2.15. The van der Waals surface area contributed by atoms with Gasteiger partial charge in [0, 0.05) is 11.1 Å². The zero-order chi connectivity index (χ0) is 9.42. The molecule has 0 aliphatic heterocycles. The number of hydrogen-bond acceptors (Lipinski definition) is 1. The van der Waals surface area contributed by atoms with Crippen LogP contribution in [-0.4, -0.2) is 0 Å². The van der Waals surface area contributed by atoms with Crippen LogP contribution in [-0.2, 0) is 0 Å². The Morgan fingerprint density at radius 1 is 1.23 bits per heavy atom. The molecule has 0 atom stereocenters. The van der Waals surface area contributed by atoms with Crippen LogP contribution >= 0.6 is 0 Å². The predicted octanol–water partition coefficient (Wildman–Crippen LogP) is 2.87. The van der Waals surface area contributed by atoms with E-state index in [0.717, 1.165) is 10.9 Å². The lowest BCUT2D eigenvalue weighted by Crippen LogP contribution is -1.89. The summed E-state index contributed by atoms with van der Waals surface area (Å²) >= 11 is 0. The summed E-state index contributed by atoms with van der Waals surface area (Å²) < 4.78 is 13.3. The Bertz CT molecular complexity index is 463. The van der Waals surface area contributed by atoms with E-state index in [4.69, 9.17) is 5.73 Å². The van der Waals surface area contributed by atoms with Gasteiger partial charge in [0.25, 0.3) is 0 Å². The minimum Gasteiger partial charge on any atom is -0.399 e. The third-order valence-electron chi connectivity index (χ3n) is 2.15. The first-order valence-electron chi connectivity index (χ1n) is 4.13. The first kappa shape index (κ1) is 8.05. The molecule has 0 radical (unpaired) electrons. The Morgan fingerprint density at radius 3 is 2.77 bits per heavy atom. The molecule has 2 N–H and O–H groups in total. The molecule has 0 saturated carbocycles. The number of anilines is 1. The average molecular weight is 175 g/mol. The molecule has 0 unspecified atom stereocenters. The van der Waals surface area contributed by atoms with Crippen LogP contribution in [0.25, 0.3) is 10.8 Å². The zero-order valence-electron chi connectivity index (χ0n) is 7.34. The molecule has 0 saturated heterocycles. The summed E-state index contributed by atoms with van der Waals surface area (Å²) in [6, 6.07) is 8.58. The van der Waals surface area contributed by atoms with Gasteiger partial charge in [0.15, 0.2) is 0 Å². The molecule has 1 nitrogen and oxygen atoms in total. The fourth-order valence-electron chi connectivity index (χ4n) is 1.62. The molecule has 0 spiro atoms. The summed E-state index contributed by atoms with van der Waals surface area (Å²) in [5, 5.41) is 1.52. The molecule has 0 aromatic heterocycles. The number of nitrogen functional groups attached to an aromatic ring is 1. The largest absolute Gasteiger partial charge is 0.399 e. The van der Waals surface area contributed by atoms with Crippen LogP contribution in [0, 0.1) is 12.7 Å². The van der Waals surface area contributed by atoms with Crippen molar-refractivity contribution in [2.24, 2.45) is 0 Å². The fraction of sp³-hybridized carbons (Fsp3) is 0.0909. The number of rotatable bonds is 0. The number of nitrogens with two attached hydrogens (primary N) is 1. The molecule has 0 fully saturated rings. The summed E-state index contributed by atoms with van der Waals surface area (Å²) in [4.78, 5) is 0. The minimum atomic E-state index is -0.185. The predicted molar refractivity (Wildman–Crippen MR) is 53.1 cm³/mol. The van der Waals surface area contributed by atoms with Gasteiger partial charge >= 0.3 is 0 Å². The van der Waals surface area contributed by atoms with E-state index >= 15 is 0 Å². The van der Waals surface area contributed by atoms with Gasteiger partial charge in [-0.1, -0.05) is 12.1 Å². The topological polar surface area (TPSA) is 26.0 Å². The lowest BCUT2D eigenvalue weighted by atomic mass is 10.0. The number of halogens is 1. The minimum absolute atomic E-state index is 0.185. The van der Waals surface area contributed by atoms with Crippen molar-refractivity contribution in [1.29, 1.82) is 0 Å². The summed E-state index contributed by atoms with van der Waals surface area (Å²) in [6.07, 6.45) is 0. The first-order chi connectivity index (χ1) is 6.18. The highest BCUT2D eigenvalue weighted by Crippen LogP contribution is 2.24. The highest BCUT2D eigenvalue weighted by Gasteiger charge is 2.03. The second-order valence-electron chi connectivity index (χ2n) is 3.18. The first-order valence-corrected chi connectivity index (χ1v) is 4.13.